The molecule has 6 heteroatoms. The van der Waals surface area contributed by atoms with Gasteiger partial charge in [0.05, 0.1) is 30.8 Å². The summed E-state index contributed by atoms with van der Waals surface area (Å²) in [6.07, 6.45) is 4.43. The molecule has 0 bridgehead atoms. The number of methoxy groups -OCH3 is 1. The zero-order valence-corrected chi connectivity index (χ0v) is 11.3. The van der Waals surface area contributed by atoms with Crippen molar-refractivity contribution in [1.29, 1.82) is 0 Å². The Kier molecular flexibility index (Phi) is 4.55. The number of amides is 1. The molecule has 2 rings (SSSR count). The second-order valence-electron chi connectivity index (χ2n) is 4.91. The van der Waals surface area contributed by atoms with Crippen molar-refractivity contribution < 1.29 is 19.4 Å². The minimum Gasteiger partial charge on any atom is -0.481 e. The van der Waals surface area contributed by atoms with Gasteiger partial charge < -0.3 is 15.2 Å². The van der Waals surface area contributed by atoms with Crippen molar-refractivity contribution >= 4 is 17.6 Å². The zero-order valence-electron chi connectivity index (χ0n) is 11.3. The second kappa shape index (κ2) is 6.36. The third kappa shape index (κ3) is 3.26. The van der Waals surface area contributed by atoms with Crippen LogP contribution in [0.3, 0.4) is 0 Å². The van der Waals surface area contributed by atoms with E-state index >= 15 is 0 Å². The van der Waals surface area contributed by atoms with Crippen LogP contribution < -0.4 is 10.1 Å². The van der Waals surface area contributed by atoms with Crippen LogP contribution in [0, 0.1) is 11.8 Å². The van der Waals surface area contributed by atoms with E-state index in [4.69, 9.17) is 4.74 Å². The monoisotopic (exact) mass is 278 g/mol. The lowest BCUT2D eigenvalue weighted by molar-refractivity contribution is -0.147. The highest BCUT2D eigenvalue weighted by Crippen LogP contribution is 2.31. The maximum absolute atomic E-state index is 12.2. The molecule has 6 nitrogen and oxygen atoms in total. The SMILES string of the molecule is COc1ccc(NC(=O)C2CCCCC2C(=O)O)cn1. The van der Waals surface area contributed by atoms with Crippen molar-refractivity contribution in [1.82, 2.24) is 4.98 Å². The predicted octanol–water partition coefficient (Wildman–Crippen LogP) is 1.92. The fourth-order valence-corrected chi connectivity index (χ4v) is 2.55. The molecule has 1 amide bonds. The van der Waals surface area contributed by atoms with Crippen LogP contribution in [0.15, 0.2) is 18.3 Å². The summed E-state index contributed by atoms with van der Waals surface area (Å²) in [5.74, 6) is -1.73. The lowest BCUT2D eigenvalue weighted by atomic mass is 9.78. The average molecular weight is 278 g/mol. The fourth-order valence-electron chi connectivity index (χ4n) is 2.55. The van der Waals surface area contributed by atoms with Crippen LogP contribution in [0.2, 0.25) is 0 Å². The molecule has 1 aliphatic rings. The molecule has 1 aromatic heterocycles. The predicted molar refractivity (Wildman–Crippen MR) is 72.5 cm³/mol. The van der Waals surface area contributed by atoms with E-state index in [1.165, 1.54) is 13.3 Å². The number of nitrogens with one attached hydrogen (secondary N) is 1. The third-order valence-electron chi connectivity index (χ3n) is 3.63. The van der Waals surface area contributed by atoms with Crippen molar-refractivity contribution in [3.8, 4) is 5.88 Å². The molecule has 108 valence electrons. The van der Waals surface area contributed by atoms with Crippen LogP contribution in [0.25, 0.3) is 0 Å². The van der Waals surface area contributed by atoms with E-state index in [0.717, 1.165) is 12.8 Å². The largest absolute Gasteiger partial charge is 0.481 e. The minimum absolute atomic E-state index is 0.246. The molecule has 1 aromatic rings. The number of rotatable bonds is 4. The molecule has 1 heterocycles. The lowest BCUT2D eigenvalue weighted by Crippen LogP contribution is -2.36. The number of carbonyl (C=O) groups excluding carboxylic acids is 1. The first-order chi connectivity index (χ1) is 9.61. The second-order valence-corrected chi connectivity index (χ2v) is 4.91. The van der Waals surface area contributed by atoms with Gasteiger partial charge >= 0.3 is 5.97 Å². The summed E-state index contributed by atoms with van der Waals surface area (Å²) in [5, 5.41) is 11.9. The summed E-state index contributed by atoms with van der Waals surface area (Å²) in [7, 11) is 1.51. The van der Waals surface area contributed by atoms with Gasteiger partial charge in [0.1, 0.15) is 0 Å². The topological polar surface area (TPSA) is 88.5 Å². The van der Waals surface area contributed by atoms with Crippen LogP contribution in [-0.4, -0.2) is 29.1 Å². The Morgan fingerprint density at radius 2 is 2.00 bits per heavy atom. The van der Waals surface area contributed by atoms with E-state index in [1.807, 2.05) is 0 Å². The number of carboxylic acids is 1. The molecule has 0 radical (unpaired) electrons. The molecule has 0 spiro atoms. The number of anilines is 1. The Hall–Kier alpha value is -2.11. The number of aliphatic carboxylic acids is 1. The van der Waals surface area contributed by atoms with Crippen molar-refractivity contribution in [2.45, 2.75) is 25.7 Å². The Morgan fingerprint density at radius 1 is 1.30 bits per heavy atom. The molecular formula is C14H18N2O4. The highest BCUT2D eigenvalue weighted by molar-refractivity contribution is 5.95. The van der Waals surface area contributed by atoms with Gasteiger partial charge in [0.2, 0.25) is 11.8 Å². The summed E-state index contributed by atoms with van der Waals surface area (Å²) in [4.78, 5) is 27.4. The van der Waals surface area contributed by atoms with E-state index in [-0.39, 0.29) is 5.91 Å². The van der Waals surface area contributed by atoms with Crippen molar-refractivity contribution in [3.63, 3.8) is 0 Å². The summed E-state index contributed by atoms with van der Waals surface area (Å²) < 4.78 is 4.94. The summed E-state index contributed by atoms with van der Waals surface area (Å²) >= 11 is 0. The molecule has 2 atom stereocenters. The first kappa shape index (κ1) is 14.3. The molecule has 0 saturated heterocycles. The Morgan fingerprint density at radius 3 is 2.55 bits per heavy atom. The van der Waals surface area contributed by atoms with E-state index in [9.17, 15) is 14.7 Å². The van der Waals surface area contributed by atoms with Gasteiger partial charge in [0, 0.05) is 6.07 Å². The normalized spacial score (nSPS) is 22.1. The standard InChI is InChI=1S/C14H18N2O4/c1-20-12-7-6-9(8-15-12)16-13(17)10-4-2-3-5-11(10)14(18)19/h6-8,10-11H,2-5H2,1H3,(H,16,17)(H,18,19). The lowest BCUT2D eigenvalue weighted by Gasteiger charge is -2.27. The van der Waals surface area contributed by atoms with Crippen LogP contribution in [0.1, 0.15) is 25.7 Å². The minimum atomic E-state index is -0.891. The van der Waals surface area contributed by atoms with E-state index in [0.29, 0.717) is 24.4 Å². The smallest absolute Gasteiger partial charge is 0.307 e. The van der Waals surface area contributed by atoms with Gasteiger partial charge in [-0.05, 0) is 18.9 Å². The van der Waals surface area contributed by atoms with Crippen LogP contribution in [-0.2, 0) is 9.59 Å². The number of hydrogen-bond acceptors (Lipinski definition) is 4. The van der Waals surface area contributed by atoms with E-state index < -0.39 is 17.8 Å². The van der Waals surface area contributed by atoms with E-state index in [1.54, 1.807) is 12.1 Å². The number of pyridine rings is 1. The highest BCUT2D eigenvalue weighted by atomic mass is 16.5. The number of hydrogen-bond donors (Lipinski definition) is 2. The first-order valence-electron chi connectivity index (χ1n) is 6.65. The van der Waals surface area contributed by atoms with Crippen molar-refractivity contribution in [2.24, 2.45) is 11.8 Å². The van der Waals surface area contributed by atoms with Gasteiger partial charge in [0.25, 0.3) is 0 Å². The quantitative estimate of drug-likeness (QED) is 0.878. The van der Waals surface area contributed by atoms with Crippen molar-refractivity contribution in [2.75, 3.05) is 12.4 Å². The maximum Gasteiger partial charge on any atom is 0.307 e. The van der Waals surface area contributed by atoms with Crippen LogP contribution >= 0.6 is 0 Å². The Bertz CT molecular complexity index is 486. The molecule has 1 saturated carbocycles. The molecule has 1 fully saturated rings. The van der Waals surface area contributed by atoms with Gasteiger partial charge in [-0.15, -0.1) is 0 Å². The van der Waals surface area contributed by atoms with Gasteiger partial charge in [-0.2, -0.15) is 0 Å². The highest BCUT2D eigenvalue weighted by Gasteiger charge is 2.35. The van der Waals surface area contributed by atoms with Gasteiger partial charge in [-0.1, -0.05) is 12.8 Å². The number of nitrogens with zero attached hydrogens (tertiary/aromatic N) is 1. The number of ether oxygens (including phenoxy) is 1. The zero-order chi connectivity index (χ0) is 14.5. The molecular weight excluding hydrogens is 260 g/mol. The summed E-state index contributed by atoms with van der Waals surface area (Å²) in [6, 6.07) is 3.33. The molecule has 0 aromatic carbocycles. The number of carbonyl (C=O) groups is 2. The number of aromatic nitrogens is 1. The molecule has 2 N–H and O–H groups in total. The van der Waals surface area contributed by atoms with Gasteiger partial charge in [-0.3, -0.25) is 9.59 Å². The van der Waals surface area contributed by atoms with Gasteiger partial charge in [-0.25, -0.2) is 4.98 Å². The molecule has 20 heavy (non-hydrogen) atoms. The Labute approximate surface area is 117 Å². The summed E-state index contributed by atoms with van der Waals surface area (Å²) in [6.45, 7) is 0. The van der Waals surface area contributed by atoms with Crippen LogP contribution in [0.4, 0.5) is 5.69 Å². The van der Waals surface area contributed by atoms with Gasteiger partial charge in [0.15, 0.2) is 0 Å². The molecule has 1 aliphatic carbocycles. The van der Waals surface area contributed by atoms with Crippen LogP contribution in [0.5, 0.6) is 5.88 Å². The Balaban J connectivity index is 2.03. The average Bonchev–Trinajstić information content (AvgIpc) is 2.48. The molecule has 0 aliphatic heterocycles. The fraction of sp³-hybridized carbons (Fsp3) is 0.500. The maximum atomic E-state index is 12.2. The third-order valence-corrected chi connectivity index (χ3v) is 3.63. The molecule has 2 unspecified atom stereocenters. The number of carboxylic acid groups (broad SMARTS) is 1. The summed E-state index contributed by atoms with van der Waals surface area (Å²) in [5.41, 5.74) is 0.547. The van der Waals surface area contributed by atoms with Crippen molar-refractivity contribution in [3.05, 3.63) is 18.3 Å². The van der Waals surface area contributed by atoms with E-state index in [2.05, 4.69) is 10.3 Å². The first-order valence-corrected chi connectivity index (χ1v) is 6.65.